The van der Waals surface area contributed by atoms with Crippen molar-refractivity contribution >= 4 is 51.0 Å². The summed E-state index contributed by atoms with van der Waals surface area (Å²) in [6, 6.07) is 9.84. The van der Waals surface area contributed by atoms with Crippen LogP contribution in [-0.2, 0) is 19.2 Å². The molecule has 2 aromatic rings. The molecule has 39 heavy (non-hydrogen) atoms. The molecule has 0 spiro atoms. The molecule has 0 aromatic heterocycles. The molecule has 4 unspecified atom stereocenters. The fraction of sp³-hybridized carbons (Fsp3) is 0.207. The summed E-state index contributed by atoms with van der Waals surface area (Å²) >= 11 is 3.18. The first-order valence-corrected chi connectivity index (χ1v) is 13.0. The minimum Gasteiger partial charge on any atom is -0.508 e. The van der Waals surface area contributed by atoms with Crippen LogP contribution in [-0.4, -0.2) is 44.7 Å². The summed E-state index contributed by atoms with van der Waals surface area (Å²) in [4.78, 5) is 66.1. The highest BCUT2D eigenvalue weighted by atomic mass is 79.9. The van der Waals surface area contributed by atoms with Crippen molar-refractivity contribution in [3.63, 3.8) is 0 Å². The smallest absolute Gasteiger partial charge is 0.339 e. The minimum absolute atomic E-state index is 0.0380. The van der Waals surface area contributed by atoms with Crippen LogP contribution >= 0.6 is 15.9 Å². The third-order valence-electron chi connectivity index (χ3n) is 8.03. The number of Topliss-reactive ketones (excluding diaryl/α,β-unsaturated/α-hetero) is 1. The van der Waals surface area contributed by atoms with E-state index < -0.39 is 47.2 Å². The number of benzene rings is 2. The van der Waals surface area contributed by atoms with E-state index in [0.29, 0.717) is 11.1 Å². The Morgan fingerprint density at radius 3 is 2.33 bits per heavy atom. The minimum atomic E-state index is -1.35. The van der Waals surface area contributed by atoms with Crippen LogP contribution in [0.5, 0.6) is 11.5 Å². The van der Waals surface area contributed by atoms with Gasteiger partial charge in [0.25, 0.3) is 0 Å². The number of carboxylic acids is 1. The highest BCUT2D eigenvalue weighted by Crippen LogP contribution is 2.55. The zero-order valence-corrected chi connectivity index (χ0v) is 21.7. The summed E-state index contributed by atoms with van der Waals surface area (Å²) in [5, 5.41) is 29.2. The fourth-order valence-corrected chi connectivity index (χ4v) is 6.79. The number of amides is 2. The molecule has 2 aromatic carbocycles. The van der Waals surface area contributed by atoms with Gasteiger partial charge in [-0.05, 0) is 64.5 Å². The van der Waals surface area contributed by atoms with Crippen LogP contribution in [0.2, 0.25) is 0 Å². The number of carbonyl (C=O) groups is 5. The normalized spacial score (nSPS) is 26.1. The monoisotopic (exact) mass is 589 g/mol. The van der Waals surface area contributed by atoms with Crippen LogP contribution in [0.25, 0.3) is 0 Å². The first kappa shape index (κ1) is 25.0. The number of imide groups is 1. The Morgan fingerprint density at radius 2 is 1.67 bits per heavy atom. The van der Waals surface area contributed by atoms with E-state index in [4.69, 9.17) is 0 Å². The molecule has 3 aliphatic carbocycles. The van der Waals surface area contributed by atoms with Crippen LogP contribution in [0.15, 0.2) is 75.8 Å². The van der Waals surface area contributed by atoms with Gasteiger partial charge in [0, 0.05) is 29.2 Å². The molecule has 1 saturated heterocycles. The van der Waals surface area contributed by atoms with Gasteiger partial charge >= 0.3 is 5.97 Å². The predicted molar refractivity (Wildman–Crippen MR) is 140 cm³/mol. The molecule has 3 N–H and O–H groups in total. The van der Waals surface area contributed by atoms with Gasteiger partial charge in [-0.15, -0.1) is 0 Å². The Morgan fingerprint density at radius 1 is 0.949 bits per heavy atom. The molecule has 1 heterocycles. The first-order valence-electron chi connectivity index (χ1n) is 12.2. The highest BCUT2D eigenvalue weighted by molar-refractivity contribution is 9.12. The van der Waals surface area contributed by atoms with Crippen LogP contribution in [0, 0.1) is 17.8 Å². The average Bonchev–Trinajstić information content (AvgIpc) is 3.16. The van der Waals surface area contributed by atoms with Gasteiger partial charge in [0.1, 0.15) is 17.1 Å². The first-order chi connectivity index (χ1) is 18.6. The predicted octanol–water partition coefficient (Wildman–Crippen LogP) is 3.76. The van der Waals surface area contributed by atoms with Gasteiger partial charge in [0.15, 0.2) is 11.6 Å². The number of rotatable bonds is 3. The van der Waals surface area contributed by atoms with Gasteiger partial charge in [-0.25, -0.2) is 9.69 Å². The van der Waals surface area contributed by atoms with Gasteiger partial charge in [-0.1, -0.05) is 23.8 Å². The van der Waals surface area contributed by atoms with Crippen molar-refractivity contribution in [2.24, 2.45) is 17.8 Å². The summed E-state index contributed by atoms with van der Waals surface area (Å²) < 4.78 is 0.125. The second-order valence-electron chi connectivity index (χ2n) is 10.0. The van der Waals surface area contributed by atoms with Gasteiger partial charge in [0.2, 0.25) is 11.8 Å². The second-order valence-corrected chi connectivity index (χ2v) is 10.9. The van der Waals surface area contributed by atoms with Crippen molar-refractivity contribution in [2.45, 2.75) is 18.8 Å². The quantitative estimate of drug-likeness (QED) is 0.278. The molecule has 0 radical (unpaired) electrons. The van der Waals surface area contributed by atoms with Gasteiger partial charge in [-0.2, -0.15) is 0 Å². The topological polar surface area (TPSA) is 149 Å². The number of ketones is 2. The lowest BCUT2D eigenvalue weighted by Crippen LogP contribution is -2.39. The van der Waals surface area contributed by atoms with Crippen molar-refractivity contribution in [1.82, 2.24) is 0 Å². The Balaban J connectivity index is 1.45. The number of nitrogens with zero attached hydrogens (tertiary/aromatic N) is 1. The summed E-state index contributed by atoms with van der Waals surface area (Å²) in [7, 11) is 0. The molecule has 1 aliphatic heterocycles. The lowest BCUT2D eigenvalue weighted by molar-refractivity contribution is -0.123. The van der Waals surface area contributed by atoms with E-state index in [-0.39, 0.29) is 51.5 Å². The van der Waals surface area contributed by atoms with Crippen molar-refractivity contribution in [2.75, 3.05) is 4.90 Å². The van der Waals surface area contributed by atoms with Crippen LogP contribution < -0.4 is 4.90 Å². The highest BCUT2D eigenvalue weighted by Gasteiger charge is 2.56. The number of hydrogen-bond donors (Lipinski definition) is 3. The van der Waals surface area contributed by atoms with Crippen molar-refractivity contribution in [3.8, 4) is 11.5 Å². The standard InChI is InChI=1S/C29H20BrNO8/c30-20-11-22(34)25-19(26(20)35)10-18-15(23(25)12-1-4-14(32)5-2-12)7-8-17-24(18)28(37)31(27(17)36)13-3-6-16(29(38)39)21(33)9-13/h1-7,9,11,17-18,23-24,32-33H,8,10H2,(H,38,39). The molecule has 4 atom stereocenters. The summed E-state index contributed by atoms with van der Waals surface area (Å²) in [5.41, 5.74) is 1.76. The van der Waals surface area contributed by atoms with Crippen LogP contribution in [0.1, 0.15) is 34.7 Å². The maximum atomic E-state index is 13.9. The lowest BCUT2D eigenvalue weighted by atomic mass is 9.59. The molecule has 4 aliphatic rings. The van der Waals surface area contributed by atoms with E-state index in [0.717, 1.165) is 22.6 Å². The average molecular weight is 590 g/mol. The molecule has 10 heteroatoms. The SMILES string of the molecule is O=C1C=C(Br)C(=O)C2=C1C(c1ccc(O)cc1)C1=CCC3C(=O)N(c4ccc(C(=O)O)c(O)c4)C(=O)C3C1C2. The van der Waals surface area contributed by atoms with Crippen LogP contribution in [0.3, 0.4) is 0 Å². The number of carbonyl (C=O) groups excluding carboxylic acids is 4. The molecule has 9 nitrogen and oxygen atoms in total. The number of allylic oxidation sites excluding steroid dienone is 6. The number of phenols is 2. The number of aromatic carboxylic acids is 1. The van der Waals surface area contributed by atoms with Gasteiger partial charge in [0.05, 0.1) is 22.0 Å². The third kappa shape index (κ3) is 3.69. The number of aromatic hydroxyl groups is 2. The lowest BCUT2D eigenvalue weighted by Gasteiger charge is -2.42. The number of fused-ring (bicyclic) bond motifs is 3. The Bertz CT molecular complexity index is 1620. The van der Waals surface area contributed by atoms with Crippen molar-refractivity contribution in [1.29, 1.82) is 0 Å². The van der Waals surface area contributed by atoms with E-state index in [2.05, 4.69) is 15.9 Å². The van der Waals surface area contributed by atoms with E-state index in [1.165, 1.54) is 24.3 Å². The maximum Gasteiger partial charge on any atom is 0.339 e. The third-order valence-corrected chi connectivity index (χ3v) is 8.62. The number of phenolic OH excluding ortho intramolecular Hbond substituents is 1. The number of carboxylic acid groups (broad SMARTS) is 1. The molecular formula is C29H20BrNO8. The van der Waals surface area contributed by atoms with E-state index >= 15 is 0 Å². The fourth-order valence-electron chi connectivity index (χ4n) is 6.35. The second kappa shape index (κ2) is 8.88. The number of anilines is 1. The van der Waals surface area contributed by atoms with Crippen molar-refractivity contribution in [3.05, 3.63) is 86.9 Å². The molecule has 0 bridgehead atoms. The largest absolute Gasteiger partial charge is 0.508 e. The van der Waals surface area contributed by atoms with E-state index in [9.17, 15) is 39.3 Å². The van der Waals surface area contributed by atoms with Crippen molar-refractivity contribution < 1.29 is 39.3 Å². The zero-order chi connectivity index (χ0) is 27.7. The number of hydrogen-bond acceptors (Lipinski definition) is 7. The Labute approximate surface area is 229 Å². The summed E-state index contributed by atoms with van der Waals surface area (Å²) in [6.07, 6.45) is 3.45. The molecule has 196 valence electrons. The molecular weight excluding hydrogens is 570 g/mol. The number of halogens is 1. The molecule has 2 amide bonds. The molecule has 1 fully saturated rings. The Hall–Kier alpha value is -4.31. The van der Waals surface area contributed by atoms with Gasteiger partial charge in [-0.3, -0.25) is 19.2 Å². The van der Waals surface area contributed by atoms with E-state index in [1.807, 2.05) is 6.08 Å². The van der Waals surface area contributed by atoms with Gasteiger partial charge < -0.3 is 15.3 Å². The Kier molecular flexibility index (Phi) is 5.69. The maximum absolute atomic E-state index is 13.9. The summed E-state index contributed by atoms with van der Waals surface area (Å²) in [6.45, 7) is 0. The summed E-state index contributed by atoms with van der Waals surface area (Å²) in [5.74, 6) is -6.26. The molecule has 6 rings (SSSR count). The molecule has 0 saturated carbocycles. The van der Waals surface area contributed by atoms with E-state index in [1.54, 1.807) is 12.1 Å². The van der Waals surface area contributed by atoms with Crippen LogP contribution in [0.4, 0.5) is 5.69 Å². The zero-order valence-electron chi connectivity index (χ0n) is 20.1.